The molecule has 1 aliphatic heterocycles. The summed E-state index contributed by atoms with van der Waals surface area (Å²) in [4.78, 5) is 13.2. The van der Waals surface area contributed by atoms with Crippen LogP contribution in [-0.4, -0.2) is 19.0 Å². The Morgan fingerprint density at radius 3 is 1.96 bits per heavy atom. The standard InChI is InChI=1S/C22H28N2O/c1-3-21(2,19-14-15-24-16-19)22(20(23)25,17-10-6-4-7-11-17)18-12-8-5-9-13-18/h4-13,19,24H,3,14-16H2,1-2H3,(H2,23,25). The van der Waals surface area contributed by atoms with Crippen LogP contribution < -0.4 is 11.1 Å². The first-order valence-electron chi connectivity index (χ1n) is 9.19. The number of carbonyl (C=O) groups excluding carboxylic acids is 1. The van der Waals surface area contributed by atoms with Gasteiger partial charge in [0.25, 0.3) is 0 Å². The van der Waals surface area contributed by atoms with Gasteiger partial charge in [0.2, 0.25) is 5.91 Å². The topological polar surface area (TPSA) is 55.1 Å². The fourth-order valence-electron chi connectivity index (χ4n) is 4.83. The number of rotatable bonds is 6. The minimum atomic E-state index is -0.846. The molecule has 25 heavy (non-hydrogen) atoms. The SMILES string of the molecule is CCC(C)(C1CCNC1)C(C(N)=O)(c1ccccc1)c1ccccc1. The molecule has 2 unspecified atom stereocenters. The fraction of sp³-hybridized carbons (Fsp3) is 0.409. The first-order chi connectivity index (χ1) is 12.1. The highest BCUT2D eigenvalue weighted by Crippen LogP contribution is 2.54. The second-order valence-electron chi connectivity index (χ2n) is 7.31. The van der Waals surface area contributed by atoms with Crippen LogP contribution in [0.5, 0.6) is 0 Å². The quantitative estimate of drug-likeness (QED) is 0.848. The summed E-state index contributed by atoms with van der Waals surface area (Å²) >= 11 is 0. The van der Waals surface area contributed by atoms with Crippen LogP contribution in [-0.2, 0) is 10.2 Å². The molecule has 1 amide bonds. The first kappa shape index (κ1) is 17.7. The predicted molar refractivity (Wildman–Crippen MR) is 102 cm³/mol. The van der Waals surface area contributed by atoms with E-state index >= 15 is 0 Å². The van der Waals surface area contributed by atoms with Gasteiger partial charge in [-0.25, -0.2) is 0 Å². The molecule has 1 heterocycles. The van der Waals surface area contributed by atoms with E-state index in [1.54, 1.807) is 0 Å². The van der Waals surface area contributed by atoms with Crippen LogP contribution in [0.3, 0.4) is 0 Å². The number of nitrogens with two attached hydrogens (primary N) is 1. The molecular weight excluding hydrogens is 308 g/mol. The number of primary amides is 1. The number of nitrogens with one attached hydrogen (secondary N) is 1. The summed E-state index contributed by atoms with van der Waals surface area (Å²) in [5.41, 5.74) is 7.07. The van der Waals surface area contributed by atoms with Crippen molar-refractivity contribution >= 4 is 5.91 Å². The summed E-state index contributed by atoms with van der Waals surface area (Å²) < 4.78 is 0. The van der Waals surface area contributed by atoms with Gasteiger partial charge in [-0.3, -0.25) is 4.79 Å². The summed E-state index contributed by atoms with van der Waals surface area (Å²) in [6.07, 6.45) is 1.95. The van der Waals surface area contributed by atoms with Crippen LogP contribution in [0.4, 0.5) is 0 Å². The molecule has 2 aromatic rings. The zero-order chi connectivity index (χ0) is 17.9. The summed E-state index contributed by atoms with van der Waals surface area (Å²) in [5.74, 6) is 0.131. The average Bonchev–Trinajstić information content (AvgIpc) is 3.19. The molecule has 0 aromatic heterocycles. The number of carbonyl (C=O) groups is 1. The average molecular weight is 336 g/mol. The highest BCUT2D eigenvalue weighted by Gasteiger charge is 2.57. The van der Waals surface area contributed by atoms with Crippen molar-refractivity contribution in [2.24, 2.45) is 17.1 Å². The van der Waals surface area contributed by atoms with E-state index in [2.05, 4.69) is 19.2 Å². The lowest BCUT2D eigenvalue weighted by molar-refractivity contribution is -0.128. The Hall–Kier alpha value is -2.13. The van der Waals surface area contributed by atoms with Crippen molar-refractivity contribution in [3.05, 3.63) is 71.8 Å². The van der Waals surface area contributed by atoms with Crippen LogP contribution in [0.1, 0.15) is 37.8 Å². The molecule has 1 saturated heterocycles. The largest absolute Gasteiger partial charge is 0.369 e. The minimum absolute atomic E-state index is 0.263. The van der Waals surface area contributed by atoms with Gasteiger partial charge in [-0.05, 0) is 48.4 Å². The van der Waals surface area contributed by atoms with Gasteiger partial charge in [0.15, 0.2) is 0 Å². The van der Waals surface area contributed by atoms with Gasteiger partial charge in [-0.2, -0.15) is 0 Å². The second-order valence-corrected chi connectivity index (χ2v) is 7.31. The Kier molecular flexibility index (Phi) is 4.96. The minimum Gasteiger partial charge on any atom is -0.369 e. The van der Waals surface area contributed by atoms with Crippen molar-refractivity contribution in [3.8, 4) is 0 Å². The van der Waals surface area contributed by atoms with Gasteiger partial charge in [-0.15, -0.1) is 0 Å². The maximum absolute atomic E-state index is 13.2. The van der Waals surface area contributed by atoms with Gasteiger partial charge < -0.3 is 11.1 Å². The number of amides is 1. The summed E-state index contributed by atoms with van der Waals surface area (Å²) in [7, 11) is 0. The predicted octanol–water partition coefficient (Wildman–Crippen LogP) is 3.48. The van der Waals surface area contributed by atoms with Crippen LogP contribution in [0.15, 0.2) is 60.7 Å². The molecule has 0 radical (unpaired) electrons. The van der Waals surface area contributed by atoms with E-state index in [4.69, 9.17) is 5.73 Å². The van der Waals surface area contributed by atoms with Crippen LogP contribution >= 0.6 is 0 Å². The van der Waals surface area contributed by atoms with Gasteiger partial charge in [0.05, 0.1) is 0 Å². The smallest absolute Gasteiger partial charge is 0.233 e. The van der Waals surface area contributed by atoms with Gasteiger partial charge >= 0.3 is 0 Å². The maximum Gasteiger partial charge on any atom is 0.233 e. The molecule has 0 saturated carbocycles. The second kappa shape index (κ2) is 7.01. The maximum atomic E-state index is 13.2. The Morgan fingerprint density at radius 2 is 1.60 bits per heavy atom. The van der Waals surface area contributed by atoms with E-state index in [9.17, 15) is 4.79 Å². The molecule has 132 valence electrons. The van der Waals surface area contributed by atoms with Crippen LogP contribution in [0.2, 0.25) is 0 Å². The zero-order valence-corrected chi connectivity index (χ0v) is 15.2. The van der Waals surface area contributed by atoms with E-state index in [1.165, 1.54) is 0 Å². The van der Waals surface area contributed by atoms with Crippen molar-refractivity contribution in [1.29, 1.82) is 0 Å². The lowest BCUT2D eigenvalue weighted by Crippen LogP contribution is -2.57. The molecular formula is C22H28N2O. The van der Waals surface area contributed by atoms with E-state index < -0.39 is 5.41 Å². The third-order valence-electron chi connectivity index (χ3n) is 6.34. The molecule has 3 heteroatoms. The molecule has 3 nitrogen and oxygen atoms in total. The Labute approximate surface area is 150 Å². The Morgan fingerprint density at radius 1 is 1.08 bits per heavy atom. The Bertz CT molecular complexity index is 668. The number of hydrogen-bond donors (Lipinski definition) is 2. The monoisotopic (exact) mass is 336 g/mol. The van der Waals surface area contributed by atoms with E-state index in [-0.39, 0.29) is 11.3 Å². The lowest BCUT2D eigenvalue weighted by Gasteiger charge is -2.50. The normalized spacial score (nSPS) is 20.2. The first-order valence-corrected chi connectivity index (χ1v) is 9.19. The fourth-order valence-corrected chi connectivity index (χ4v) is 4.83. The molecule has 0 aliphatic carbocycles. The van der Waals surface area contributed by atoms with Gasteiger partial charge in [-0.1, -0.05) is 74.5 Å². The lowest BCUT2D eigenvalue weighted by atomic mass is 9.51. The third-order valence-corrected chi connectivity index (χ3v) is 6.34. The van der Waals surface area contributed by atoms with Crippen molar-refractivity contribution in [1.82, 2.24) is 5.32 Å². The molecule has 2 atom stereocenters. The molecule has 0 bridgehead atoms. The van der Waals surface area contributed by atoms with Crippen molar-refractivity contribution in [2.45, 2.75) is 32.1 Å². The van der Waals surface area contributed by atoms with E-state index in [0.29, 0.717) is 5.92 Å². The van der Waals surface area contributed by atoms with Gasteiger partial charge in [0, 0.05) is 0 Å². The third kappa shape index (κ3) is 2.67. The highest BCUT2D eigenvalue weighted by molar-refractivity contribution is 5.92. The highest BCUT2D eigenvalue weighted by atomic mass is 16.1. The van der Waals surface area contributed by atoms with Gasteiger partial charge in [0.1, 0.15) is 5.41 Å². The molecule has 2 aromatic carbocycles. The van der Waals surface area contributed by atoms with E-state index in [0.717, 1.165) is 37.1 Å². The number of hydrogen-bond acceptors (Lipinski definition) is 2. The summed E-state index contributed by atoms with van der Waals surface area (Å²) in [6.45, 7) is 6.36. The van der Waals surface area contributed by atoms with Crippen LogP contribution in [0, 0.1) is 11.3 Å². The van der Waals surface area contributed by atoms with Crippen molar-refractivity contribution in [3.63, 3.8) is 0 Å². The number of benzene rings is 2. The molecule has 3 N–H and O–H groups in total. The molecule has 3 rings (SSSR count). The zero-order valence-electron chi connectivity index (χ0n) is 15.2. The molecule has 1 fully saturated rings. The van der Waals surface area contributed by atoms with Crippen LogP contribution in [0.25, 0.3) is 0 Å². The summed E-state index contributed by atoms with van der Waals surface area (Å²) in [6, 6.07) is 20.2. The summed E-state index contributed by atoms with van der Waals surface area (Å²) in [5, 5.41) is 3.47. The van der Waals surface area contributed by atoms with Crippen molar-refractivity contribution < 1.29 is 4.79 Å². The molecule has 0 spiro atoms. The molecule has 1 aliphatic rings. The Balaban J connectivity index is 2.33. The van der Waals surface area contributed by atoms with Crippen molar-refractivity contribution in [2.75, 3.05) is 13.1 Å². The van der Waals surface area contributed by atoms with E-state index in [1.807, 2.05) is 60.7 Å².